The molecule has 26 heavy (non-hydrogen) atoms. The maximum absolute atomic E-state index is 5.13. The Balaban J connectivity index is 1.40. The van der Waals surface area contributed by atoms with E-state index in [0.29, 0.717) is 15.9 Å². The molecule has 0 amide bonds. The van der Waals surface area contributed by atoms with Crippen molar-refractivity contribution in [2.75, 3.05) is 0 Å². The second-order valence-corrected chi connectivity index (χ2v) is 12.3. The third-order valence-corrected chi connectivity index (χ3v) is 10.5. The van der Waals surface area contributed by atoms with E-state index < -0.39 is 0 Å². The Morgan fingerprint density at radius 3 is 2.42 bits per heavy atom. The second kappa shape index (κ2) is 8.21. The summed E-state index contributed by atoms with van der Waals surface area (Å²) in [6.07, 6.45) is 19.2. The Kier molecular flexibility index (Phi) is 6.31. The molecule has 0 spiro atoms. The average Bonchev–Trinajstić information content (AvgIpc) is 3.05. The van der Waals surface area contributed by atoms with Crippen molar-refractivity contribution in [3.05, 3.63) is 0 Å². The fraction of sp³-hybridized carbons (Fsp3) is 1.00. The van der Waals surface area contributed by atoms with Gasteiger partial charge in [0.15, 0.2) is 0 Å². The van der Waals surface area contributed by atoms with Gasteiger partial charge < -0.3 is 0 Å². The van der Waals surface area contributed by atoms with Gasteiger partial charge in [-0.05, 0) is 110 Å². The molecule has 4 saturated carbocycles. The van der Waals surface area contributed by atoms with Crippen molar-refractivity contribution >= 4 is 25.3 Å². The summed E-state index contributed by atoms with van der Waals surface area (Å²) in [6, 6.07) is 0. The largest absolute Gasteiger partial charge is 0.176 e. The van der Waals surface area contributed by atoms with Gasteiger partial charge in [-0.1, -0.05) is 33.1 Å². The highest BCUT2D eigenvalue weighted by molar-refractivity contribution is 7.81. The summed E-state index contributed by atoms with van der Waals surface area (Å²) in [6.45, 7) is 4.94. The molecular weight excluding hydrogens is 352 g/mol. The van der Waals surface area contributed by atoms with Crippen LogP contribution in [0.3, 0.4) is 0 Å². The Bertz CT molecular complexity index is 475. The van der Waals surface area contributed by atoms with Crippen molar-refractivity contribution in [2.45, 2.75) is 108 Å². The van der Waals surface area contributed by atoms with E-state index in [0.717, 1.165) is 35.5 Å². The van der Waals surface area contributed by atoms with Gasteiger partial charge in [-0.3, -0.25) is 0 Å². The molecule has 9 unspecified atom stereocenters. The molecule has 0 N–H and O–H groups in total. The van der Waals surface area contributed by atoms with Gasteiger partial charge in [0.2, 0.25) is 0 Å². The van der Waals surface area contributed by atoms with Crippen LogP contribution in [0.4, 0.5) is 0 Å². The number of hydrogen-bond acceptors (Lipinski definition) is 2. The molecule has 0 saturated heterocycles. The van der Waals surface area contributed by atoms with Crippen molar-refractivity contribution in [3.63, 3.8) is 0 Å². The molecule has 0 radical (unpaired) electrons. The smallest absolute Gasteiger partial charge is 0.00478 e. The molecule has 0 aliphatic heterocycles. The molecule has 4 aliphatic rings. The minimum absolute atomic E-state index is 0.550. The molecule has 9 atom stereocenters. The van der Waals surface area contributed by atoms with Gasteiger partial charge in [-0.15, -0.1) is 0 Å². The second-order valence-electron chi connectivity index (χ2n) is 10.8. The highest BCUT2D eigenvalue weighted by atomic mass is 32.1. The first-order valence-corrected chi connectivity index (χ1v) is 12.9. The van der Waals surface area contributed by atoms with Crippen molar-refractivity contribution in [2.24, 2.45) is 40.9 Å². The molecule has 4 fully saturated rings. The van der Waals surface area contributed by atoms with E-state index in [1.807, 2.05) is 0 Å². The first kappa shape index (κ1) is 20.0. The van der Waals surface area contributed by atoms with Crippen LogP contribution in [0.15, 0.2) is 0 Å². The van der Waals surface area contributed by atoms with Crippen LogP contribution in [0.1, 0.15) is 97.3 Å². The van der Waals surface area contributed by atoms with E-state index >= 15 is 0 Å². The van der Waals surface area contributed by atoms with Gasteiger partial charge >= 0.3 is 0 Å². The normalized spacial score (nSPS) is 47.5. The lowest BCUT2D eigenvalue weighted by Gasteiger charge is -2.58. The van der Waals surface area contributed by atoms with Crippen molar-refractivity contribution in [3.8, 4) is 0 Å². The van der Waals surface area contributed by atoms with Gasteiger partial charge in [0.25, 0.3) is 0 Å². The van der Waals surface area contributed by atoms with Gasteiger partial charge in [0, 0.05) is 5.25 Å². The molecule has 0 aromatic heterocycles. The summed E-state index contributed by atoms with van der Waals surface area (Å²) in [5.41, 5.74) is 0.702. The van der Waals surface area contributed by atoms with Gasteiger partial charge in [0.1, 0.15) is 0 Å². The summed E-state index contributed by atoms with van der Waals surface area (Å²) in [5.74, 6) is 6.16. The monoisotopic (exact) mass is 394 g/mol. The molecule has 0 bridgehead atoms. The predicted octanol–water partition coefficient (Wildman–Crippen LogP) is 7.43. The van der Waals surface area contributed by atoms with Gasteiger partial charge in [-0.25, -0.2) is 0 Å². The molecule has 150 valence electrons. The standard InChI is InChI=1S/C24H42S2/c1-16(25)6-5-8-23(26)21-12-11-18-19(21)13-14-22-20(18)10-9-17-7-3-4-15-24(17,22)2/h16-23,25-26H,3-15H2,1-2H3. The van der Waals surface area contributed by atoms with E-state index in [1.165, 1.54) is 57.8 Å². The first-order chi connectivity index (χ1) is 12.5. The average molecular weight is 395 g/mol. The molecule has 4 rings (SSSR count). The van der Waals surface area contributed by atoms with E-state index in [-0.39, 0.29) is 0 Å². The van der Waals surface area contributed by atoms with Crippen molar-refractivity contribution in [1.82, 2.24) is 0 Å². The van der Waals surface area contributed by atoms with E-state index in [4.69, 9.17) is 12.6 Å². The predicted molar refractivity (Wildman–Crippen MR) is 120 cm³/mol. The van der Waals surface area contributed by atoms with E-state index in [1.54, 1.807) is 25.7 Å². The zero-order chi connectivity index (χ0) is 18.3. The first-order valence-electron chi connectivity index (χ1n) is 11.9. The number of rotatable bonds is 5. The van der Waals surface area contributed by atoms with Crippen LogP contribution in [-0.4, -0.2) is 10.5 Å². The summed E-state index contributed by atoms with van der Waals surface area (Å²) in [7, 11) is 0. The fourth-order valence-corrected chi connectivity index (χ4v) is 9.04. The van der Waals surface area contributed by atoms with E-state index in [9.17, 15) is 0 Å². The molecule has 2 heteroatoms. The minimum atomic E-state index is 0.550. The maximum atomic E-state index is 5.13. The maximum Gasteiger partial charge on any atom is 0.00478 e. The van der Waals surface area contributed by atoms with Crippen LogP contribution in [0.2, 0.25) is 0 Å². The molecule has 0 aromatic rings. The van der Waals surface area contributed by atoms with Crippen LogP contribution < -0.4 is 0 Å². The lowest BCUT2D eigenvalue weighted by Crippen LogP contribution is -2.50. The zero-order valence-corrected chi connectivity index (χ0v) is 19.0. The van der Waals surface area contributed by atoms with Gasteiger partial charge in [-0.2, -0.15) is 25.3 Å². The summed E-state index contributed by atoms with van der Waals surface area (Å²) in [5, 5.41) is 1.20. The summed E-state index contributed by atoms with van der Waals surface area (Å²) in [4.78, 5) is 0. The van der Waals surface area contributed by atoms with Crippen molar-refractivity contribution in [1.29, 1.82) is 0 Å². The molecule has 0 heterocycles. The van der Waals surface area contributed by atoms with Crippen LogP contribution in [0.25, 0.3) is 0 Å². The molecule has 4 aliphatic carbocycles. The summed E-state index contributed by atoms with van der Waals surface area (Å²) < 4.78 is 0. The Hall–Kier alpha value is 0.700. The number of thiol groups is 2. The zero-order valence-electron chi connectivity index (χ0n) is 17.2. The van der Waals surface area contributed by atoms with E-state index in [2.05, 4.69) is 26.5 Å². The third kappa shape index (κ3) is 3.64. The quantitative estimate of drug-likeness (QED) is 0.445. The SMILES string of the molecule is CC(S)CCCC(S)C1CCC2C1CCC1C2CCC2CCCCC21C. The highest BCUT2D eigenvalue weighted by Crippen LogP contribution is 2.64. The molecule has 0 aromatic carbocycles. The minimum Gasteiger partial charge on any atom is -0.176 e. The van der Waals surface area contributed by atoms with Crippen molar-refractivity contribution < 1.29 is 0 Å². The van der Waals surface area contributed by atoms with Crippen LogP contribution in [0, 0.1) is 40.9 Å². The van der Waals surface area contributed by atoms with Crippen LogP contribution in [-0.2, 0) is 0 Å². The molecular formula is C24H42S2. The summed E-state index contributed by atoms with van der Waals surface area (Å²) >= 11 is 9.69. The Morgan fingerprint density at radius 1 is 0.846 bits per heavy atom. The third-order valence-electron chi connectivity index (χ3n) is 9.57. The molecule has 0 nitrogen and oxygen atoms in total. The Labute approximate surface area is 173 Å². The number of fused-ring (bicyclic) bond motifs is 5. The fourth-order valence-electron chi connectivity index (χ4n) is 8.31. The number of hydrogen-bond donors (Lipinski definition) is 2. The topological polar surface area (TPSA) is 0 Å². The van der Waals surface area contributed by atoms with Crippen LogP contribution in [0.5, 0.6) is 0 Å². The lowest BCUT2D eigenvalue weighted by atomic mass is 9.47. The van der Waals surface area contributed by atoms with Crippen LogP contribution >= 0.6 is 25.3 Å². The lowest BCUT2D eigenvalue weighted by molar-refractivity contribution is -0.0869. The Morgan fingerprint density at radius 2 is 1.62 bits per heavy atom. The van der Waals surface area contributed by atoms with Gasteiger partial charge in [0.05, 0.1) is 0 Å². The highest BCUT2D eigenvalue weighted by Gasteiger charge is 2.55.